The molecule has 4 rings (SSSR count). The molecule has 0 aromatic carbocycles. The maximum absolute atomic E-state index is 13.6. The van der Waals surface area contributed by atoms with Crippen LogP contribution in [-0.2, 0) is 14.4 Å². The van der Waals surface area contributed by atoms with E-state index in [1.807, 2.05) is 0 Å². The molecule has 7 atom stereocenters. The van der Waals surface area contributed by atoms with Gasteiger partial charge in [-0.1, -0.05) is 26.2 Å². The standard InChI is InChI=1S/C21H33N3O4S/c1-11-9-14-15(18(26)22-3)16-20(28)24(12(2)10-25)17(21(11,16)29-14)19(27)23-13-7-5-4-6-8-13/h11-17,25H,4-10H2,1-3H3,(H,22,26)(H,23,27)/t11?,12-,14+,15-,16+,17?,21?/m1/s1. The van der Waals surface area contributed by atoms with Crippen molar-refractivity contribution < 1.29 is 19.5 Å². The van der Waals surface area contributed by atoms with Gasteiger partial charge < -0.3 is 20.6 Å². The molecule has 2 bridgehead atoms. The number of carbonyl (C=O) groups excluding carboxylic acids is 3. The first-order valence-corrected chi connectivity index (χ1v) is 11.9. The number of nitrogens with zero attached hydrogens (tertiary/aromatic N) is 1. The monoisotopic (exact) mass is 423 g/mol. The minimum absolute atomic E-state index is 0.0652. The maximum Gasteiger partial charge on any atom is 0.244 e. The van der Waals surface area contributed by atoms with Crippen molar-refractivity contribution in [2.24, 2.45) is 17.8 Å². The van der Waals surface area contributed by atoms with Gasteiger partial charge in [-0.2, -0.15) is 0 Å². The number of hydrogen-bond donors (Lipinski definition) is 3. The minimum atomic E-state index is -0.635. The number of likely N-dealkylation sites (tertiary alicyclic amines) is 1. The number of thioether (sulfide) groups is 1. The number of rotatable bonds is 5. The molecule has 0 aromatic heterocycles. The van der Waals surface area contributed by atoms with Crippen molar-refractivity contribution in [3.05, 3.63) is 0 Å². The Balaban J connectivity index is 1.71. The topological polar surface area (TPSA) is 98.7 Å². The molecule has 3 unspecified atom stereocenters. The lowest BCUT2D eigenvalue weighted by molar-refractivity contribution is -0.142. The zero-order valence-electron chi connectivity index (χ0n) is 17.5. The molecular formula is C21H33N3O4S. The summed E-state index contributed by atoms with van der Waals surface area (Å²) in [7, 11) is 1.61. The zero-order valence-corrected chi connectivity index (χ0v) is 18.3. The van der Waals surface area contributed by atoms with Crippen LogP contribution in [0.15, 0.2) is 0 Å². The van der Waals surface area contributed by atoms with E-state index < -0.39 is 28.7 Å². The second kappa shape index (κ2) is 7.76. The molecule has 4 fully saturated rings. The third kappa shape index (κ3) is 3.00. The lowest BCUT2D eigenvalue weighted by Gasteiger charge is -2.40. The summed E-state index contributed by atoms with van der Waals surface area (Å²) in [6.07, 6.45) is 6.22. The lowest BCUT2D eigenvalue weighted by Crippen LogP contribution is -2.59. The third-order valence-corrected chi connectivity index (χ3v) is 9.75. The van der Waals surface area contributed by atoms with Gasteiger partial charge in [0, 0.05) is 18.3 Å². The van der Waals surface area contributed by atoms with E-state index in [9.17, 15) is 19.5 Å². The fourth-order valence-electron chi connectivity index (χ4n) is 6.31. The van der Waals surface area contributed by atoms with E-state index in [-0.39, 0.29) is 41.5 Å². The normalized spacial score (nSPS) is 40.1. The molecule has 1 spiro atoms. The van der Waals surface area contributed by atoms with Crippen LogP contribution < -0.4 is 10.6 Å². The second-order valence-electron chi connectivity index (χ2n) is 9.29. The fourth-order valence-corrected chi connectivity index (χ4v) is 8.72. The van der Waals surface area contributed by atoms with Crippen molar-refractivity contribution in [2.75, 3.05) is 13.7 Å². The number of amides is 3. The summed E-state index contributed by atoms with van der Waals surface area (Å²) in [5.74, 6) is -1.12. The SMILES string of the molecule is CNC(=O)[C@@H]1[C@@H]2CC(C)C3(S2)C(C(=O)NC2CCCCC2)N([C@H](C)CO)C(=O)[C@H]13. The van der Waals surface area contributed by atoms with Gasteiger partial charge in [-0.15, -0.1) is 11.8 Å². The molecule has 7 nitrogen and oxygen atoms in total. The number of hydrogen-bond acceptors (Lipinski definition) is 5. The van der Waals surface area contributed by atoms with E-state index in [1.54, 1.807) is 30.6 Å². The molecule has 29 heavy (non-hydrogen) atoms. The number of aliphatic hydroxyl groups is 1. The summed E-state index contributed by atoms with van der Waals surface area (Å²) in [6, 6.07) is -0.938. The predicted octanol–water partition coefficient (Wildman–Crippen LogP) is 0.899. The molecule has 3 amide bonds. The number of aliphatic hydroxyl groups excluding tert-OH is 1. The number of nitrogens with one attached hydrogen (secondary N) is 2. The summed E-state index contributed by atoms with van der Waals surface area (Å²) in [6.45, 7) is 3.70. The number of carbonyl (C=O) groups is 3. The van der Waals surface area contributed by atoms with Crippen LogP contribution in [0, 0.1) is 17.8 Å². The van der Waals surface area contributed by atoms with Gasteiger partial charge in [0.15, 0.2) is 0 Å². The van der Waals surface area contributed by atoms with Crippen LogP contribution in [0.4, 0.5) is 0 Å². The quantitative estimate of drug-likeness (QED) is 0.610. The Morgan fingerprint density at radius 3 is 2.59 bits per heavy atom. The average molecular weight is 424 g/mol. The van der Waals surface area contributed by atoms with Crippen molar-refractivity contribution in [2.45, 2.75) is 80.5 Å². The van der Waals surface area contributed by atoms with Gasteiger partial charge >= 0.3 is 0 Å². The Hall–Kier alpha value is -1.28. The highest BCUT2D eigenvalue weighted by molar-refractivity contribution is 8.02. The predicted molar refractivity (Wildman–Crippen MR) is 111 cm³/mol. The largest absolute Gasteiger partial charge is 0.394 e. The molecule has 4 aliphatic rings. The van der Waals surface area contributed by atoms with E-state index in [0.717, 1.165) is 32.1 Å². The average Bonchev–Trinajstić information content (AvgIpc) is 3.31. The Morgan fingerprint density at radius 1 is 1.28 bits per heavy atom. The first-order chi connectivity index (χ1) is 13.9. The van der Waals surface area contributed by atoms with Gasteiger partial charge in [-0.25, -0.2) is 0 Å². The van der Waals surface area contributed by atoms with E-state index in [4.69, 9.17) is 0 Å². The molecule has 162 valence electrons. The van der Waals surface area contributed by atoms with Gasteiger partial charge in [0.25, 0.3) is 0 Å². The van der Waals surface area contributed by atoms with Crippen molar-refractivity contribution in [1.82, 2.24) is 15.5 Å². The minimum Gasteiger partial charge on any atom is -0.394 e. The molecule has 0 aromatic rings. The summed E-state index contributed by atoms with van der Waals surface area (Å²) in [5, 5.41) is 15.9. The second-order valence-corrected chi connectivity index (χ2v) is 10.8. The van der Waals surface area contributed by atoms with Crippen molar-refractivity contribution in [1.29, 1.82) is 0 Å². The van der Waals surface area contributed by atoms with Crippen LogP contribution in [0.1, 0.15) is 52.4 Å². The highest BCUT2D eigenvalue weighted by Crippen LogP contribution is 2.68. The van der Waals surface area contributed by atoms with Crippen LogP contribution in [0.25, 0.3) is 0 Å². The summed E-state index contributed by atoms with van der Waals surface area (Å²) < 4.78 is -0.596. The van der Waals surface area contributed by atoms with Gasteiger partial charge in [-0.05, 0) is 32.1 Å². The number of fused-ring (bicyclic) bond motifs is 1. The Labute approximate surface area is 176 Å². The van der Waals surface area contributed by atoms with Crippen LogP contribution >= 0.6 is 11.8 Å². The van der Waals surface area contributed by atoms with Gasteiger partial charge in [0.05, 0.1) is 29.2 Å². The molecule has 1 aliphatic carbocycles. The smallest absolute Gasteiger partial charge is 0.244 e. The molecule has 3 saturated heterocycles. The summed E-state index contributed by atoms with van der Waals surface area (Å²) >= 11 is 1.68. The molecule has 3 aliphatic heterocycles. The maximum atomic E-state index is 13.6. The highest BCUT2D eigenvalue weighted by Gasteiger charge is 2.76. The van der Waals surface area contributed by atoms with Crippen molar-refractivity contribution in [3.8, 4) is 0 Å². The molecule has 8 heteroatoms. The van der Waals surface area contributed by atoms with E-state index in [2.05, 4.69) is 17.6 Å². The molecule has 3 heterocycles. The van der Waals surface area contributed by atoms with Gasteiger partial charge in [0.2, 0.25) is 17.7 Å². The lowest BCUT2D eigenvalue weighted by atomic mass is 9.66. The molecular weight excluding hydrogens is 390 g/mol. The Morgan fingerprint density at radius 2 is 1.97 bits per heavy atom. The Bertz CT molecular complexity index is 697. The Kier molecular flexibility index (Phi) is 5.61. The van der Waals surface area contributed by atoms with E-state index >= 15 is 0 Å². The van der Waals surface area contributed by atoms with Gasteiger partial charge in [0.1, 0.15) is 6.04 Å². The first kappa shape index (κ1) is 21.0. The third-order valence-electron chi connectivity index (χ3n) is 7.67. The molecule has 3 N–H and O–H groups in total. The van der Waals surface area contributed by atoms with Gasteiger partial charge in [-0.3, -0.25) is 14.4 Å². The summed E-state index contributed by atoms with van der Waals surface area (Å²) in [4.78, 5) is 41.5. The van der Waals surface area contributed by atoms with Crippen LogP contribution in [-0.4, -0.2) is 69.5 Å². The fraction of sp³-hybridized carbons (Fsp3) is 0.857. The van der Waals surface area contributed by atoms with Crippen molar-refractivity contribution >= 4 is 29.5 Å². The van der Waals surface area contributed by atoms with E-state index in [0.29, 0.717) is 0 Å². The van der Waals surface area contributed by atoms with Crippen molar-refractivity contribution in [3.63, 3.8) is 0 Å². The summed E-state index contributed by atoms with van der Waals surface area (Å²) in [5.41, 5.74) is 0. The molecule has 0 radical (unpaired) electrons. The van der Waals surface area contributed by atoms with Crippen LogP contribution in [0.2, 0.25) is 0 Å². The van der Waals surface area contributed by atoms with E-state index in [1.165, 1.54) is 6.42 Å². The first-order valence-electron chi connectivity index (χ1n) is 11.0. The highest BCUT2D eigenvalue weighted by atomic mass is 32.2. The van der Waals surface area contributed by atoms with Crippen LogP contribution in [0.5, 0.6) is 0 Å². The van der Waals surface area contributed by atoms with Crippen LogP contribution in [0.3, 0.4) is 0 Å². The molecule has 1 saturated carbocycles. The zero-order chi connectivity index (χ0) is 20.9.